The first-order chi connectivity index (χ1) is 9.19. The summed E-state index contributed by atoms with van der Waals surface area (Å²) in [7, 11) is 1.39. The van der Waals surface area contributed by atoms with Gasteiger partial charge in [0.05, 0.1) is 7.11 Å². The topological polar surface area (TPSA) is 50.4 Å². The van der Waals surface area contributed by atoms with Gasteiger partial charge in [0.25, 0.3) is 0 Å². The Morgan fingerprint density at radius 2 is 2.11 bits per heavy atom. The largest absolute Gasteiger partial charge is 0.466 e. The molecule has 5 heteroatoms. The van der Waals surface area contributed by atoms with Crippen LogP contribution in [0.5, 0.6) is 0 Å². The van der Waals surface area contributed by atoms with Gasteiger partial charge in [0.1, 0.15) is 0 Å². The average molecular weight is 325 g/mol. The van der Waals surface area contributed by atoms with Gasteiger partial charge in [-0.15, -0.1) is 0 Å². The Hall–Kier alpha value is -1.33. The summed E-state index contributed by atoms with van der Waals surface area (Å²) in [4.78, 5) is 11.3. The molecule has 1 aromatic carbocycles. The second-order valence-electron chi connectivity index (χ2n) is 4.38. The molecule has 1 heterocycles. The molecule has 1 aliphatic heterocycles. The molecule has 102 valence electrons. The van der Waals surface area contributed by atoms with Gasteiger partial charge in [0, 0.05) is 41.8 Å². The van der Waals surface area contributed by atoms with E-state index in [1.165, 1.54) is 18.7 Å². The summed E-state index contributed by atoms with van der Waals surface area (Å²) >= 11 is 3.43. The molecule has 1 aromatic rings. The third-order valence-electron chi connectivity index (χ3n) is 3.06. The maximum Gasteiger partial charge on any atom is 0.332 e. The summed E-state index contributed by atoms with van der Waals surface area (Å²) in [5, 5.41) is 6.71. The fraction of sp³-hybridized carbons (Fsp3) is 0.357. The van der Waals surface area contributed by atoms with Crippen molar-refractivity contribution in [3.8, 4) is 0 Å². The van der Waals surface area contributed by atoms with Gasteiger partial charge in [0.2, 0.25) is 0 Å². The molecule has 19 heavy (non-hydrogen) atoms. The fourth-order valence-electron chi connectivity index (χ4n) is 2.08. The van der Waals surface area contributed by atoms with Gasteiger partial charge in [-0.2, -0.15) is 0 Å². The van der Waals surface area contributed by atoms with Crippen molar-refractivity contribution in [1.82, 2.24) is 10.6 Å². The third kappa shape index (κ3) is 4.08. The molecule has 1 fully saturated rings. The molecule has 0 bridgehead atoms. The zero-order valence-corrected chi connectivity index (χ0v) is 12.4. The van der Waals surface area contributed by atoms with Crippen LogP contribution in [0, 0.1) is 0 Å². The van der Waals surface area contributed by atoms with Gasteiger partial charge in [-0.25, -0.2) is 4.79 Å². The Morgan fingerprint density at radius 3 is 2.79 bits per heavy atom. The van der Waals surface area contributed by atoms with Gasteiger partial charge < -0.3 is 15.4 Å². The zero-order valence-electron chi connectivity index (χ0n) is 10.8. The molecule has 1 aliphatic rings. The van der Waals surface area contributed by atoms with Crippen molar-refractivity contribution in [2.45, 2.75) is 12.5 Å². The number of rotatable bonds is 2. The smallest absolute Gasteiger partial charge is 0.332 e. The number of benzene rings is 1. The van der Waals surface area contributed by atoms with Crippen LogP contribution >= 0.6 is 15.9 Å². The minimum absolute atomic E-state index is 0.207. The molecular formula is C14H17BrN2O2. The summed E-state index contributed by atoms with van der Waals surface area (Å²) in [6.45, 7) is 1.66. The molecule has 0 aromatic heterocycles. The van der Waals surface area contributed by atoms with Crippen molar-refractivity contribution in [3.63, 3.8) is 0 Å². The van der Waals surface area contributed by atoms with Gasteiger partial charge >= 0.3 is 5.97 Å². The van der Waals surface area contributed by atoms with E-state index in [0.29, 0.717) is 0 Å². The van der Waals surface area contributed by atoms with Crippen molar-refractivity contribution in [3.05, 3.63) is 46.1 Å². The number of halogens is 1. The summed E-state index contributed by atoms with van der Waals surface area (Å²) in [6.07, 6.45) is 2.27. The molecule has 4 nitrogen and oxygen atoms in total. The first-order valence-corrected chi connectivity index (χ1v) is 6.99. The van der Waals surface area contributed by atoms with Crippen LogP contribution in [0.15, 0.2) is 40.5 Å². The van der Waals surface area contributed by atoms with Crippen LogP contribution in [0.4, 0.5) is 0 Å². The van der Waals surface area contributed by atoms with Crippen molar-refractivity contribution in [2.24, 2.45) is 0 Å². The van der Waals surface area contributed by atoms with Crippen molar-refractivity contribution in [2.75, 3.05) is 20.2 Å². The third-order valence-corrected chi connectivity index (χ3v) is 3.59. The first-order valence-electron chi connectivity index (χ1n) is 6.20. The Balaban J connectivity index is 2.14. The van der Waals surface area contributed by atoms with Gasteiger partial charge in [-0.1, -0.05) is 28.1 Å². The summed E-state index contributed by atoms with van der Waals surface area (Å²) in [5.74, 6) is -0.320. The minimum atomic E-state index is -0.320. The lowest BCUT2D eigenvalue weighted by molar-refractivity contribution is -0.134. The van der Waals surface area contributed by atoms with E-state index in [2.05, 4.69) is 43.4 Å². The molecule has 0 radical (unpaired) electrons. The lowest BCUT2D eigenvalue weighted by Crippen LogP contribution is -2.23. The number of hydrogen-bond acceptors (Lipinski definition) is 4. The van der Waals surface area contributed by atoms with E-state index in [4.69, 9.17) is 0 Å². The van der Waals surface area contributed by atoms with Crippen molar-refractivity contribution >= 4 is 21.9 Å². The van der Waals surface area contributed by atoms with E-state index in [0.717, 1.165) is 29.7 Å². The van der Waals surface area contributed by atoms with Crippen LogP contribution in [-0.2, 0) is 9.53 Å². The maximum absolute atomic E-state index is 11.3. The second kappa shape index (κ2) is 6.73. The van der Waals surface area contributed by atoms with Crippen LogP contribution in [0.25, 0.3) is 0 Å². The van der Waals surface area contributed by atoms with Crippen LogP contribution in [0.2, 0.25) is 0 Å². The Morgan fingerprint density at radius 1 is 1.37 bits per heavy atom. The van der Waals surface area contributed by atoms with E-state index in [9.17, 15) is 4.79 Å². The van der Waals surface area contributed by atoms with Crippen molar-refractivity contribution < 1.29 is 9.53 Å². The van der Waals surface area contributed by atoms with Crippen LogP contribution in [0.3, 0.4) is 0 Å². The standard InChI is InChI=1S/C14H17BrN2O2/c1-19-14(18)9-12-8-13(17-7-6-16-12)10-2-4-11(15)5-3-10/h2-5,9,13,16-17H,6-8H2,1H3/b12-9-. The van der Waals surface area contributed by atoms with Crippen LogP contribution in [0.1, 0.15) is 18.0 Å². The quantitative estimate of drug-likeness (QED) is 0.646. The molecule has 2 N–H and O–H groups in total. The van der Waals surface area contributed by atoms with Gasteiger partial charge in [-0.05, 0) is 17.7 Å². The Labute approximate surface area is 121 Å². The van der Waals surface area contributed by atoms with Gasteiger partial charge in [0.15, 0.2) is 0 Å². The van der Waals surface area contributed by atoms with E-state index < -0.39 is 0 Å². The molecule has 2 rings (SSSR count). The SMILES string of the molecule is COC(=O)/C=C1/CC(c2ccc(Br)cc2)NCCN1. The van der Waals surface area contributed by atoms with Crippen molar-refractivity contribution in [1.29, 1.82) is 0 Å². The number of methoxy groups -OCH3 is 1. The maximum atomic E-state index is 11.3. The summed E-state index contributed by atoms with van der Waals surface area (Å²) in [6, 6.07) is 8.43. The van der Waals surface area contributed by atoms with Crippen LogP contribution < -0.4 is 10.6 Å². The van der Waals surface area contributed by atoms with Crippen LogP contribution in [-0.4, -0.2) is 26.2 Å². The zero-order chi connectivity index (χ0) is 13.7. The fourth-order valence-corrected chi connectivity index (χ4v) is 2.34. The molecular weight excluding hydrogens is 308 g/mol. The highest BCUT2D eigenvalue weighted by Gasteiger charge is 2.17. The summed E-state index contributed by atoms with van der Waals surface area (Å²) in [5.41, 5.74) is 2.12. The lowest BCUT2D eigenvalue weighted by atomic mass is 10.0. The molecule has 0 aliphatic carbocycles. The number of esters is 1. The van der Waals surface area contributed by atoms with Gasteiger partial charge in [-0.3, -0.25) is 0 Å². The second-order valence-corrected chi connectivity index (χ2v) is 5.30. The number of nitrogens with one attached hydrogen (secondary N) is 2. The number of ether oxygens (including phenoxy) is 1. The van der Waals surface area contributed by atoms with E-state index in [1.54, 1.807) is 0 Å². The predicted octanol–water partition coefficient (Wildman–Crippen LogP) is 2.13. The molecule has 0 saturated carbocycles. The molecule has 1 atom stereocenters. The normalized spacial score (nSPS) is 21.6. The minimum Gasteiger partial charge on any atom is -0.466 e. The molecule has 0 amide bonds. The highest BCUT2D eigenvalue weighted by Crippen LogP contribution is 2.23. The number of carbonyl (C=O) groups excluding carboxylic acids is 1. The monoisotopic (exact) mass is 324 g/mol. The molecule has 0 spiro atoms. The highest BCUT2D eigenvalue weighted by molar-refractivity contribution is 9.10. The molecule has 1 saturated heterocycles. The number of hydrogen-bond donors (Lipinski definition) is 2. The highest BCUT2D eigenvalue weighted by atomic mass is 79.9. The number of carbonyl (C=O) groups is 1. The lowest BCUT2D eigenvalue weighted by Gasteiger charge is -2.16. The predicted molar refractivity (Wildman–Crippen MR) is 77.6 cm³/mol. The summed E-state index contributed by atoms with van der Waals surface area (Å²) < 4.78 is 5.73. The van der Waals surface area contributed by atoms with E-state index in [1.807, 2.05) is 12.1 Å². The van der Waals surface area contributed by atoms with E-state index >= 15 is 0 Å². The average Bonchev–Trinajstić information content (AvgIpc) is 2.65. The first kappa shape index (κ1) is 14.1. The molecule has 1 unspecified atom stereocenters. The Bertz CT molecular complexity index is 471. The Kier molecular flexibility index (Phi) is 4.99. The van der Waals surface area contributed by atoms with E-state index in [-0.39, 0.29) is 12.0 Å².